The van der Waals surface area contributed by atoms with Gasteiger partial charge in [-0.1, -0.05) is 38.1 Å². The van der Waals surface area contributed by atoms with Gasteiger partial charge in [0.25, 0.3) is 11.6 Å². The van der Waals surface area contributed by atoms with Crippen molar-refractivity contribution in [1.82, 2.24) is 10.3 Å². The number of fused-ring (bicyclic) bond motifs is 1. The molecule has 0 saturated carbocycles. The van der Waals surface area contributed by atoms with Crippen molar-refractivity contribution in [3.63, 3.8) is 0 Å². The minimum atomic E-state index is -0.669. The van der Waals surface area contributed by atoms with Crippen LogP contribution in [0.25, 0.3) is 22.6 Å². The molecule has 1 amide bonds. The Morgan fingerprint density at radius 1 is 1.15 bits per heavy atom. The van der Waals surface area contributed by atoms with Gasteiger partial charge in [0.05, 0.1) is 4.92 Å². The molecule has 4 rings (SSSR count). The average molecular weight is 475 g/mol. The number of oxazole rings is 1. The largest absolute Gasteiger partial charge is 0.436 e. The van der Waals surface area contributed by atoms with E-state index in [1.807, 2.05) is 24.3 Å². The van der Waals surface area contributed by atoms with E-state index < -0.39 is 10.8 Å². The lowest BCUT2D eigenvalue weighted by atomic mass is 9.98. The molecule has 4 aromatic rings. The van der Waals surface area contributed by atoms with Crippen LogP contribution in [0.2, 0.25) is 0 Å². The van der Waals surface area contributed by atoms with E-state index in [1.165, 1.54) is 23.8 Å². The van der Waals surface area contributed by atoms with E-state index in [9.17, 15) is 14.9 Å². The number of nitro benzene ring substituents is 1. The molecule has 3 aromatic carbocycles. The molecule has 0 unspecified atom stereocenters. The number of aromatic nitrogens is 1. The maximum absolute atomic E-state index is 12.5. The standard InChI is InChI=1S/C25H22N4O4S/c1-3-15(2)16-11-12-22-20(14-16)27-24(33-22)17-7-6-8-18(13-17)26-25(34)28-23(30)19-9-4-5-10-21(19)29(31)32/h4-15H,3H2,1-2H3,(H2,26,28,30,34)/t15-/m0/s1. The maximum atomic E-state index is 12.5. The lowest BCUT2D eigenvalue weighted by Crippen LogP contribution is -2.34. The fourth-order valence-electron chi connectivity index (χ4n) is 3.50. The Kier molecular flexibility index (Phi) is 6.65. The molecule has 172 valence electrons. The van der Waals surface area contributed by atoms with Gasteiger partial charge >= 0.3 is 0 Å². The summed E-state index contributed by atoms with van der Waals surface area (Å²) in [6, 6.07) is 19.0. The van der Waals surface area contributed by atoms with Crippen LogP contribution < -0.4 is 10.6 Å². The number of carbonyl (C=O) groups excluding carboxylic acids is 1. The topological polar surface area (TPSA) is 110 Å². The number of nitrogens with one attached hydrogen (secondary N) is 2. The van der Waals surface area contributed by atoms with Crippen LogP contribution in [0.5, 0.6) is 0 Å². The van der Waals surface area contributed by atoms with Gasteiger partial charge in [-0.3, -0.25) is 20.2 Å². The number of nitrogens with zero attached hydrogens (tertiary/aromatic N) is 2. The van der Waals surface area contributed by atoms with Gasteiger partial charge in [-0.25, -0.2) is 4.98 Å². The number of amides is 1. The molecule has 0 spiro atoms. The lowest BCUT2D eigenvalue weighted by Gasteiger charge is -2.10. The molecule has 8 nitrogen and oxygen atoms in total. The predicted octanol–water partition coefficient (Wildman–Crippen LogP) is 6.04. The van der Waals surface area contributed by atoms with Crippen LogP contribution in [0, 0.1) is 10.1 Å². The number of rotatable bonds is 6. The summed E-state index contributed by atoms with van der Waals surface area (Å²) in [4.78, 5) is 27.7. The summed E-state index contributed by atoms with van der Waals surface area (Å²) >= 11 is 5.23. The summed E-state index contributed by atoms with van der Waals surface area (Å²) in [5.74, 6) is 0.234. The highest BCUT2D eigenvalue weighted by Crippen LogP contribution is 2.29. The van der Waals surface area contributed by atoms with E-state index in [-0.39, 0.29) is 16.4 Å². The number of hydrogen-bond donors (Lipinski definition) is 2. The molecule has 1 atom stereocenters. The van der Waals surface area contributed by atoms with Gasteiger partial charge in [0.15, 0.2) is 10.7 Å². The third-order valence-electron chi connectivity index (χ3n) is 5.53. The Hall–Kier alpha value is -4.11. The zero-order valence-corrected chi connectivity index (χ0v) is 19.4. The molecule has 9 heteroatoms. The molecule has 0 bridgehead atoms. The molecule has 1 aromatic heterocycles. The molecule has 0 aliphatic carbocycles. The summed E-state index contributed by atoms with van der Waals surface area (Å²) < 4.78 is 5.94. The van der Waals surface area contributed by atoms with E-state index in [0.29, 0.717) is 23.1 Å². The van der Waals surface area contributed by atoms with Crippen molar-refractivity contribution in [2.45, 2.75) is 26.2 Å². The minimum absolute atomic E-state index is 0.0102. The average Bonchev–Trinajstić information content (AvgIpc) is 3.27. The second-order valence-corrected chi connectivity index (χ2v) is 8.23. The van der Waals surface area contributed by atoms with Crippen LogP contribution in [0.3, 0.4) is 0 Å². The first-order valence-electron chi connectivity index (χ1n) is 10.7. The molecule has 34 heavy (non-hydrogen) atoms. The van der Waals surface area contributed by atoms with Crippen LogP contribution in [0.15, 0.2) is 71.1 Å². The number of benzene rings is 3. The SMILES string of the molecule is CC[C@H](C)c1ccc2oc(-c3cccc(NC(=S)NC(=O)c4ccccc4[N+](=O)[O-])c3)nc2c1. The van der Waals surface area contributed by atoms with E-state index in [1.54, 1.807) is 18.2 Å². The third-order valence-corrected chi connectivity index (χ3v) is 5.74. The second-order valence-electron chi connectivity index (χ2n) is 7.82. The Labute approximate surface area is 201 Å². The highest BCUT2D eigenvalue weighted by atomic mass is 32.1. The third kappa shape index (κ3) is 4.94. The Bertz CT molecular complexity index is 1400. The quantitative estimate of drug-likeness (QED) is 0.199. The van der Waals surface area contributed by atoms with Gasteiger partial charge < -0.3 is 9.73 Å². The van der Waals surface area contributed by atoms with Gasteiger partial charge in [-0.05, 0) is 66.5 Å². The van der Waals surface area contributed by atoms with Crippen molar-refractivity contribution in [2.24, 2.45) is 0 Å². The molecule has 0 radical (unpaired) electrons. The Morgan fingerprint density at radius 2 is 1.94 bits per heavy atom. The van der Waals surface area contributed by atoms with Gasteiger partial charge in [0, 0.05) is 17.3 Å². The fourth-order valence-corrected chi connectivity index (χ4v) is 3.71. The molecule has 0 saturated heterocycles. The highest BCUT2D eigenvalue weighted by Gasteiger charge is 2.20. The number of carbonyl (C=O) groups is 1. The molecular formula is C25H22N4O4S. The van der Waals surface area contributed by atoms with Crippen molar-refractivity contribution in [1.29, 1.82) is 0 Å². The van der Waals surface area contributed by atoms with Gasteiger partial charge in [0.2, 0.25) is 5.89 Å². The van der Waals surface area contributed by atoms with E-state index in [2.05, 4.69) is 35.5 Å². The first kappa shape index (κ1) is 23.1. The first-order chi connectivity index (χ1) is 16.4. The molecule has 0 aliphatic rings. The number of hydrogen-bond acceptors (Lipinski definition) is 6. The van der Waals surface area contributed by atoms with E-state index in [4.69, 9.17) is 16.6 Å². The van der Waals surface area contributed by atoms with Gasteiger partial charge in [-0.15, -0.1) is 0 Å². The Morgan fingerprint density at radius 3 is 2.71 bits per heavy atom. The van der Waals surface area contributed by atoms with Crippen LogP contribution in [-0.2, 0) is 0 Å². The van der Waals surface area contributed by atoms with Crippen molar-refractivity contribution < 1.29 is 14.1 Å². The summed E-state index contributed by atoms with van der Waals surface area (Å²) in [7, 11) is 0. The van der Waals surface area contributed by atoms with Gasteiger partial charge in [-0.2, -0.15) is 0 Å². The number of para-hydroxylation sites is 1. The molecule has 1 heterocycles. The summed E-state index contributed by atoms with van der Waals surface area (Å²) in [6.45, 7) is 4.32. The maximum Gasteiger partial charge on any atom is 0.282 e. The molecule has 0 fully saturated rings. The number of thiocarbonyl (C=S) groups is 1. The van der Waals surface area contributed by atoms with Crippen molar-refractivity contribution >= 4 is 45.7 Å². The summed E-state index contributed by atoms with van der Waals surface area (Å²) in [5.41, 5.74) is 3.67. The molecule has 2 N–H and O–H groups in total. The van der Waals surface area contributed by atoms with E-state index >= 15 is 0 Å². The highest BCUT2D eigenvalue weighted by molar-refractivity contribution is 7.80. The smallest absolute Gasteiger partial charge is 0.282 e. The van der Waals surface area contributed by atoms with Crippen LogP contribution >= 0.6 is 12.2 Å². The minimum Gasteiger partial charge on any atom is -0.436 e. The monoisotopic (exact) mass is 474 g/mol. The molecule has 0 aliphatic heterocycles. The zero-order chi connectivity index (χ0) is 24.2. The molecular weight excluding hydrogens is 452 g/mol. The normalized spacial score (nSPS) is 11.7. The zero-order valence-electron chi connectivity index (χ0n) is 18.6. The summed E-state index contributed by atoms with van der Waals surface area (Å²) in [6.07, 6.45) is 1.04. The Balaban J connectivity index is 1.50. The predicted molar refractivity (Wildman–Crippen MR) is 135 cm³/mol. The lowest BCUT2D eigenvalue weighted by molar-refractivity contribution is -0.385. The first-order valence-corrected chi connectivity index (χ1v) is 11.1. The summed E-state index contributed by atoms with van der Waals surface area (Å²) in [5, 5.41) is 16.6. The number of anilines is 1. The fraction of sp³-hybridized carbons (Fsp3) is 0.160. The van der Waals surface area contributed by atoms with Crippen molar-refractivity contribution in [3.05, 3.63) is 88.0 Å². The van der Waals surface area contributed by atoms with Crippen molar-refractivity contribution in [3.8, 4) is 11.5 Å². The van der Waals surface area contributed by atoms with Crippen molar-refractivity contribution in [2.75, 3.05) is 5.32 Å². The van der Waals surface area contributed by atoms with Crippen LogP contribution in [0.1, 0.15) is 42.1 Å². The van der Waals surface area contributed by atoms with Gasteiger partial charge in [0.1, 0.15) is 11.1 Å². The van der Waals surface area contributed by atoms with E-state index in [0.717, 1.165) is 17.5 Å². The number of nitro groups is 1. The van der Waals surface area contributed by atoms with Crippen LogP contribution in [-0.4, -0.2) is 20.9 Å². The van der Waals surface area contributed by atoms with Crippen LogP contribution in [0.4, 0.5) is 11.4 Å². The second kappa shape index (κ2) is 9.80.